The highest BCUT2D eigenvalue weighted by Gasteiger charge is 2.24. The molecule has 23 heavy (non-hydrogen) atoms. The third-order valence-electron chi connectivity index (χ3n) is 4.17. The molecule has 2 rings (SSSR count). The van der Waals surface area contributed by atoms with E-state index in [0.717, 1.165) is 25.7 Å². The monoisotopic (exact) mass is 320 g/mol. The normalized spacial score (nSPS) is 16.0. The van der Waals surface area contributed by atoms with E-state index in [1.165, 1.54) is 24.3 Å². The standard InChI is InChI=1S/C16H20N2O5/c19-15(10-11-3-1-2-4-11)17-14(16(20)21)9-12-5-7-13(8-6-12)18(22)23/h5-8,11,14H,1-4,9-10H2,(H,17,19)(H,20,21)/t14-/m0/s1. The van der Waals surface area contributed by atoms with Gasteiger partial charge in [0.1, 0.15) is 6.04 Å². The fourth-order valence-corrected chi connectivity index (χ4v) is 2.92. The van der Waals surface area contributed by atoms with Crippen LogP contribution in [0.1, 0.15) is 37.7 Å². The summed E-state index contributed by atoms with van der Waals surface area (Å²) in [5.41, 5.74) is 0.579. The minimum Gasteiger partial charge on any atom is -0.480 e. The molecule has 0 aromatic heterocycles. The fourth-order valence-electron chi connectivity index (χ4n) is 2.92. The first-order chi connectivity index (χ1) is 11.0. The van der Waals surface area contributed by atoms with Crippen molar-refractivity contribution in [1.29, 1.82) is 0 Å². The van der Waals surface area contributed by atoms with Crippen LogP contribution in [0.3, 0.4) is 0 Å². The smallest absolute Gasteiger partial charge is 0.326 e. The zero-order valence-electron chi connectivity index (χ0n) is 12.7. The van der Waals surface area contributed by atoms with Gasteiger partial charge in [-0.25, -0.2) is 4.79 Å². The Labute approximate surface area is 133 Å². The maximum Gasteiger partial charge on any atom is 0.326 e. The summed E-state index contributed by atoms with van der Waals surface area (Å²) in [4.78, 5) is 33.4. The number of hydrogen-bond donors (Lipinski definition) is 2. The van der Waals surface area contributed by atoms with E-state index in [9.17, 15) is 24.8 Å². The zero-order valence-corrected chi connectivity index (χ0v) is 12.7. The lowest BCUT2D eigenvalue weighted by molar-refractivity contribution is -0.384. The van der Waals surface area contributed by atoms with Gasteiger partial charge in [-0.05, 0) is 24.3 Å². The van der Waals surface area contributed by atoms with Crippen LogP contribution < -0.4 is 5.32 Å². The van der Waals surface area contributed by atoms with Crippen LogP contribution >= 0.6 is 0 Å². The predicted molar refractivity (Wildman–Crippen MR) is 82.9 cm³/mol. The Hall–Kier alpha value is -2.44. The maximum absolute atomic E-state index is 12.0. The van der Waals surface area contributed by atoms with Gasteiger partial charge in [0.25, 0.3) is 5.69 Å². The highest BCUT2D eigenvalue weighted by atomic mass is 16.6. The van der Waals surface area contributed by atoms with Gasteiger partial charge in [0.15, 0.2) is 0 Å². The second-order valence-electron chi connectivity index (χ2n) is 5.94. The molecule has 7 nitrogen and oxygen atoms in total. The zero-order chi connectivity index (χ0) is 16.8. The van der Waals surface area contributed by atoms with Crippen molar-refractivity contribution in [3.8, 4) is 0 Å². The molecule has 124 valence electrons. The van der Waals surface area contributed by atoms with Crippen LogP contribution in [0, 0.1) is 16.0 Å². The van der Waals surface area contributed by atoms with Gasteiger partial charge >= 0.3 is 5.97 Å². The Balaban J connectivity index is 1.93. The lowest BCUT2D eigenvalue weighted by Crippen LogP contribution is -2.42. The number of carbonyl (C=O) groups is 2. The summed E-state index contributed by atoms with van der Waals surface area (Å²) in [6, 6.07) is 4.66. The van der Waals surface area contributed by atoms with Crippen molar-refractivity contribution < 1.29 is 19.6 Å². The summed E-state index contributed by atoms with van der Waals surface area (Å²) in [6.45, 7) is 0. The number of hydrogen-bond acceptors (Lipinski definition) is 4. The first kappa shape index (κ1) is 16.9. The summed E-state index contributed by atoms with van der Waals surface area (Å²) >= 11 is 0. The Morgan fingerprint density at radius 2 is 1.87 bits per heavy atom. The molecule has 1 atom stereocenters. The molecule has 1 aromatic carbocycles. The molecule has 0 heterocycles. The summed E-state index contributed by atoms with van der Waals surface area (Å²) in [6.07, 6.45) is 4.76. The molecular weight excluding hydrogens is 300 g/mol. The topological polar surface area (TPSA) is 110 Å². The lowest BCUT2D eigenvalue weighted by atomic mass is 10.0. The average molecular weight is 320 g/mol. The molecule has 1 fully saturated rings. The molecular formula is C16H20N2O5. The summed E-state index contributed by atoms with van der Waals surface area (Å²) in [7, 11) is 0. The molecule has 0 aliphatic heterocycles. The minimum atomic E-state index is -1.11. The lowest BCUT2D eigenvalue weighted by Gasteiger charge is -2.16. The van der Waals surface area contributed by atoms with E-state index in [4.69, 9.17) is 0 Å². The number of carboxylic acid groups (broad SMARTS) is 1. The molecule has 7 heteroatoms. The van der Waals surface area contributed by atoms with E-state index in [2.05, 4.69) is 5.32 Å². The number of nitro groups is 1. The molecule has 0 saturated heterocycles. The average Bonchev–Trinajstić information content (AvgIpc) is 2.99. The molecule has 1 amide bonds. The van der Waals surface area contributed by atoms with Gasteiger partial charge < -0.3 is 10.4 Å². The van der Waals surface area contributed by atoms with Crippen molar-refractivity contribution in [3.05, 3.63) is 39.9 Å². The summed E-state index contributed by atoms with van der Waals surface area (Å²) < 4.78 is 0. The maximum atomic E-state index is 12.0. The molecule has 0 radical (unpaired) electrons. The third kappa shape index (κ3) is 5.05. The van der Waals surface area contributed by atoms with Crippen LogP contribution in [0.2, 0.25) is 0 Å². The van der Waals surface area contributed by atoms with Crippen LogP contribution in [0.5, 0.6) is 0 Å². The van der Waals surface area contributed by atoms with Gasteiger partial charge in [-0.2, -0.15) is 0 Å². The highest BCUT2D eigenvalue weighted by molar-refractivity contribution is 5.83. The molecule has 1 saturated carbocycles. The molecule has 2 N–H and O–H groups in total. The van der Waals surface area contributed by atoms with Crippen molar-refractivity contribution in [2.45, 2.75) is 44.6 Å². The predicted octanol–water partition coefficient (Wildman–Crippen LogP) is 2.29. The van der Waals surface area contributed by atoms with Crippen LogP contribution in [-0.4, -0.2) is 27.9 Å². The van der Waals surface area contributed by atoms with Crippen molar-refractivity contribution in [2.75, 3.05) is 0 Å². The first-order valence-corrected chi connectivity index (χ1v) is 7.71. The molecule has 1 aliphatic rings. The number of benzene rings is 1. The van der Waals surface area contributed by atoms with Crippen LogP contribution in [0.15, 0.2) is 24.3 Å². The van der Waals surface area contributed by atoms with E-state index in [1.807, 2.05) is 0 Å². The molecule has 1 aliphatic carbocycles. The fraction of sp³-hybridized carbons (Fsp3) is 0.500. The molecule has 0 spiro atoms. The van der Waals surface area contributed by atoms with Gasteiger partial charge in [-0.15, -0.1) is 0 Å². The van der Waals surface area contributed by atoms with Gasteiger partial charge in [-0.1, -0.05) is 25.0 Å². The summed E-state index contributed by atoms with van der Waals surface area (Å²) in [5, 5.41) is 22.4. The third-order valence-corrected chi connectivity index (χ3v) is 4.17. The minimum absolute atomic E-state index is 0.0501. The van der Waals surface area contributed by atoms with Crippen molar-refractivity contribution in [3.63, 3.8) is 0 Å². The number of nitrogens with zero attached hydrogens (tertiary/aromatic N) is 1. The number of aliphatic carboxylic acids is 1. The Bertz CT molecular complexity index is 579. The van der Waals surface area contributed by atoms with Gasteiger partial charge in [-0.3, -0.25) is 14.9 Å². The van der Waals surface area contributed by atoms with E-state index >= 15 is 0 Å². The van der Waals surface area contributed by atoms with Gasteiger partial charge in [0.2, 0.25) is 5.91 Å². The van der Waals surface area contributed by atoms with Crippen LogP contribution in [-0.2, 0) is 16.0 Å². The number of rotatable bonds is 7. The molecule has 0 unspecified atom stereocenters. The molecule has 0 bridgehead atoms. The number of amides is 1. The quantitative estimate of drug-likeness (QED) is 0.591. The van der Waals surface area contributed by atoms with Crippen molar-refractivity contribution >= 4 is 17.6 Å². The van der Waals surface area contributed by atoms with Crippen LogP contribution in [0.25, 0.3) is 0 Å². The van der Waals surface area contributed by atoms with Crippen molar-refractivity contribution in [1.82, 2.24) is 5.32 Å². The largest absolute Gasteiger partial charge is 0.480 e. The number of carbonyl (C=O) groups excluding carboxylic acids is 1. The van der Waals surface area contributed by atoms with Crippen molar-refractivity contribution in [2.24, 2.45) is 5.92 Å². The second kappa shape index (κ2) is 7.71. The highest BCUT2D eigenvalue weighted by Crippen LogP contribution is 2.27. The number of nitro benzene ring substituents is 1. The summed E-state index contributed by atoms with van der Waals surface area (Å²) in [5.74, 6) is -1.00. The van der Waals surface area contributed by atoms with Gasteiger partial charge in [0, 0.05) is 25.0 Å². The molecule has 1 aromatic rings. The Morgan fingerprint density at radius 1 is 1.26 bits per heavy atom. The van der Waals surface area contributed by atoms with Gasteiger partial charge in [0.05, 0.1) is 4.92 Å². The number of nitrogens with one attached hydrogen (secondary N) is 1. The van der Waals surface area contributed by atoms with E-state index in [-0.39, 0.29) is 18.0 Å². The Morgan fingerprint density at radius 3 is 2.39 bits per heavy atom. The van der Waals surface area contributed by atoms with E-state index in [1.54, 1.807) is 0 Å². The van der Waals surface area contributed by atoms with E-state index in [0.29, 0.717) is 17.9 Å². The second-order valence-corrected chi connectivity index (χ2v) is 5.94. The SMILES string of the molecule is O=C(CC1CCCC1)N[C@@H](Cc1ccc([N+](=O)[O-])cc1)C(=O)O. The van der Waals surface area contributed by atoms with Crippen LogP contribution in [0.4, 0.5) is 5.69 Å². The first-order valence-electron chi connectivity index (χ1n) is 7.71. The number of carboxylic acids is 1. The van der Waals surface area contributed by atoms with E-state index < -0.39 is 16.9 Å². The number of non-ortho nitro benzene ring substituents is 1. The Kier molecular flexibility index (Phi) is 5.67.